The Hall–Kier alpha value is -3.48. The summed E-state index contributed by atoms with van der Waals surface area (Å²) in [5.74, 6) is 1.08. The molecule has 4 rings (SSSR count). The molecule has 1 heterocycles. The molecule has 0 N–H and O–H groups in total. The zero-order valence-electron chi connectivity index (χ0n) is 18.4. The molecule has 1 saturated carbocycles. The van der Waals surface area contributed by atoms with Crippen LogP contribution in [0.15, 0.2) is 58.4 Å². The van der Waals surface area contributed by atoms with Crippen molar-refractivity contribution in [3.05, 3.63) is 70.3 Å². The van der Waals surface area contributed by atoms with Gasteiger partial charge in [0.15, 0.2) is 6.10 Å². The van der Waals surface area contributed by atoms with Crippen molar-refractivity contribution < 1.29 is 14.3 Å². The second-order valence-electron chi connectivity index (χ2n) is 8.04. The van der Waals surface area contributed by atoms with Crippen molar-refractivity contribution in [1.29, 1.82) is 0 Å². The minimum atomic E-state index is -0.695. The first-order valence-corrected chi connectivity index (χ1v) is 11.0. The Morgan fingerprint density at radius 2 is 1.84 bits per heavy atom. The van der Waals surface area contributed by atoms with E-state index in [1.807, 2.05) is 30.3 Å². The second kappa shape index (κ2) is 9.77. The monoisotopic (exact) mass is 433 g/mol. The van der Waals surface area contributed by atoms with Crippen molar-refractivity contribution in [2.24, 2.45) is 5.10 Å². The molecule has 32 heavy (non-hydrogen) atoms. The molecular weight excluding hydrogens is 406 g/mol. The molecule has 0 bridgehead atoms. The number of rotatable bonds is 6. The Balaban J connectivity index is 1.63. The van der Waals surface area contributed by atoms with Gasteiger partial charge < -0.3 is 9.47 Å². The lowest BCUT2D eigenvalue weighted by Crippen LogP contribution is -2.25. The largest absolute Gasteiger partial charge is 0.479 e. The first kappa shape index (κ1) is 21.7. The molecule has 1 aliphatic rings. The SMILES string of the molecule is COC(=O)[C@@H](C)Oc1ccc(C=Nn2c(C3CCCCC3)nc3ccccc3c2=O)cc1. The van der Waals surface area contributed by atoms with Crippen LogP contribution in [0.25, 0.3) is 10.9 Å². The number of hydrogen-bond acceptors (Lipinski definition) is 6. The van der Waals surface area contributed by atoms with E-state index in [4.69, 9.17) is 9.72 Å². The Morgan fingerprint density at radius 1 is 1.12 bits per heavy atom. The summed E-state index contributed by atoms with van der Waals surface area (Å²) >= 11 is 0. The molecule has 0 amide bonds. The normalized spacial score (nSPS) is 15.7. The fourth-order valence-electron chi connectivity index (χ4n) is 4.05. The van der Waals surface area contributed by atoms with Crippen LogP contribution in [0.4, 0.5) is 0 Å². The second-order valence-corrected chi connectivity index (χ2v) is 8.04. The zero-order valence-corrected chi connectivity index (χ0v) is 18.4. The summed E-state index contributed by atoms with van der Waals surface area (Å²) in [4.78, 5) is 29.6. The van der Waals surface area contributed by atoms with E-state index in [0.717, 1.165) is 37.1 Å². The van der Waals surface area contributed by atoms with Crippen LogP contribution in [0, 0.1) is 0 Å². The van der Waals surface area contributed by atoms with Crippen molar-refractivity contribution in [3.63, 3.8) is 0 Å². The molecular formula is C25H27N3O4. The van der Waals surface area contributed by atoms with Gasteiger partial charge in [0.25, 0.3) is 5.56 Å². The molecule has 0 radical (unpaired) electrons. The predicted molar refractivity (Wildman–Crippen MR) is 123 cm³/mol. The number of carbonyl (C=O) groups is 1. The maximum atomic E-state index is 13.2. The number of carbonyl (C=O) groups excluding carboxylic acids is 1. The third-order valence-electron chi connectivity index (χ3n) is 5.80. The van der Waals surface area contributed by atoms with Gasteiger partial charge in [-0.3, -0.25) is 4.79 Å². The van der Waals surface area contributed by atoms with E-state index in [1.165, 1.54) is 18.2 Å². The average Bonchev–Trinajstić information content (AvgIpc) is 2.84. The summed E-state index contributed by atoms with van der Waals surface area (Å²) in [5, 5.41) is 5.10. The molecule has 1 aliphatic carbocycles. The van der Waals surface area contributed by atoms with Crippen molar-refractivity contribution in [1.82, 2.24) is 9.66 Å². The van der Waals surface area contributed by atoms with E-state index in [9.17, 15) is 9.59 Å². The van der Waals surface area contributed by atoms with Crippen LogP contribution in [-0.2, 0) is 9.53 Å². The molecule has 0 unspecified atom stereocenters. The predicted octanol–water partition coefficient (Wildman–Crippen LogP) is 4.27. The standard InChI is InChI=1S/C25H27N3O4/c1-17(25(30)31-2)32-20-14-12-18(13-15-20)16-26-28-23(19-8-4-3-5-9-19)27-22-11-7-6-10-21(22)24(28)29/h6-7,10-17,19H,3-5,8-9H2,1-2H3/t17-/m1/s1. The lowest BCUT2D eigenvalue weighted by molar-refractivity contribution is -0.147. The Labute approximate surface area is 186 Å². The Kier molecular flexibility index (Phi) is 6.63. The number of benzene rings is 2. The van der Waals surface area contributed by atoms with Gasteiger partial charge in [0.1, 0.15) is 11.6 Å². The lowest BCUT2D eigenvalue weighted by atomic mass is 9.88. The van der Waals surface area contributed by atoms with Crippen LogP contribution in [0.1, 0.15) is 56.3 Å². The maximum Gasteiger partial charge on any atom is 0.346 e. The highest BCUT2D eigenvalue weighted by Crippen LogP contribution is 2.31. The van der Waals surface area contributed by atoms with Gasteiger partial charge in [0.2, 0.25) is 0 Å². The molecule has 2 aromatic carbocycles. The minimum Gasteiger partial charge on any atom is -0.479 e. The first-order valence-electron chi connectivity index (χ1n) is 11.0. The van der Waals surface area contributed by atoms with Gasteiger partial charge in [-0.1, -0.05) is 31.4 Å². The molecule has 1 atom stereocenters. The number of nitrogens with zero attached hydrogens (tertiary/aromatic N) is 3. The van der Waals surface area contributed by atoms with Gasteiger partial charge in [0.05, 0.1) is 24.2 Å². The van der Waals surface area contributed by atoms with Crippen LogP contribution in [-0.4, -0.2) is 35.1 Å². The van der Waals surface area contributed by atoms with Gasteiger partial charge in [-0.25, -0.2) is 9.78 Å². The molecule has 1 aromatic heterocycles. The summed E-state index contributed by atoms with van der Waals surface area (Å²) in [6.45, 7) is 1.63. The van der Waals surface area contributed by atoms with Gasteiger partial charge >= 0.3 is 5.97 Å². The highest BCUT2D eigenvalue weighted by Gasteiger charge is 2.22. The van der Waals surface area contributed by atoms with Crippen molar-refractivity contribution >= 4 is 23.1 Å². The van der Waals surface area contributed by atoms with E-state index in [-0.39, 0.29) is 11.5 Å². The first-order chi connectivity index (χ1) is 15.6. The van der Waals surface area contributed by atoms with Gasteiger partial charge in [-0.15, -0.1) is 0 Å². The number of ether oxygens (including phenoxy) is 2. The van der Waals surface area contributed by atoms with Crippen LogP contribution in [0.2, 0.25) is 0 Å². The summed E-state index contributed by atoms with van der Waals surface area (Å²) in [7, 11) is 1.33. The summed E-state index contributed by atoms with van der Waals surface area (Å²) in [6.07, 6.45) is 6.50. The number of hydrogen-bond donors (Lipinski definition) is 0. The average molecular weight is 434 g/mol. The Bertz CT molecular complexity index is 1180. The summed E-state index contributed by atoms with van der Waals surface area (Å²) in [6, 6.07) is 14.6. The van der Waals surface area contributed by atoms with Crippen LogP contribution in [0.5, 0.6) is 5.75 Å². The molecule has 7 nitrogen and oxygen atoms in total. The molecule has 7 heteroatoms. The van der Waals surface area contributed by atoms with Crippen molar-refractivity contribution in [2.45, 2.75) is 51.0 Å². The number of para-hydroxylation sites is 1. The van der Waals surface area contributed by atoms with Crippen molar-refractivity contribution in [2.75, 3.05) is 7.11 Å². The van der Waals surface area contributed by atoms with Crippen LogP contribution in [0.3, 0.4) is 0 Å². The van der Waals surface area contributed by atoms with E-state index < -0.39 is 12.1 Å². The third-order valence-corrected chi connectivity index (χ3v) is 5.80. The van der Waals surface area contributed by atoms with Gasteiger partial charge in [-0.2, -0.15) is 9.78 Å². The van der Waals surface area contributed by atoms with E-state index in [1.54, 1.807) is 31.3 Å². The van der Waals surface area contributed by atoms with E-state index >= 15 is 0 Å². The quantitative estimate of drug-likeness (QED) is 0.428. The molecule has 0 spiro atoms. The number of fused-ring (bicyclic) bond motifs is 1. The van der Waals surface area contributed by atoms with Gasteiger partial charge in [0, 0.05) is 5.92 Å². The highest BCUT2D eigenvalue weighted by molar-refractivity contribution is 5.81. The minimum absolute atomic E-state index is 0.153. The molecule has 3 aromatic rings. The summed E-state index contributed by atoms with van der Waals surface area (Å²) < 4.78 is 11.7. The smallest absolute Gasteiger partial charge is 0.346 e. The molecule has 0 saturated heterocycles. The number of esters is 1. The fraction of sp³-hybridized carbons (Fsp3) is 0.360. The topological polar surface area (TPSA) is 82.8 Å². The summed E-state index contributed by atoms with van der Waals surface area (Å²) in [5.41, 5.74) is 1.36. The Morgan fingerprint density at radius 3 is 2.56 bits per heavy atom. The maximum absolute atomic E-state index is 13.2. The molecule has 0 aliphatic heterocycles. The van der Waals surface area contributed by atoms with Crippen LogP contribution >= 0.6 is 0 Å². The van der Waals surface area contributed by atoms with E-state index in [0.29, 0.717) is 16.7 Å². The van der Waals surface area contributed by atoms with Crippen LogP contribution < -0.4 is 10.3 Å². The number of methoxy groups -OCH3 is 1. The zero-order chi connectivity index (χ0) is 22.5. The molecule has 166 valence electrons. The van der Waals surface area contributed by atoms with Gasteiger partial charge in [-0.05, 0) is 61.7 Å². The lowest BCUT2D eigenvalue weighted by Gasteiger charge is -2.22. The highest BCUT2D eigenvalue weighted by atomic mass is 16.6. The van der Waals surface area contributed by atoms with Crippen molar-refractivity contribution in [3.8, 4) is 5.75 Å². The third kappa shape index (κ3) is 4.72. The molecule has 1 fully saturated rings. The number of aromatic nitrogens is 2. The fourth-order valence-corrected chi connectivity index (χ4v) is 4.05. The van der Waals surface area contributed by atoms with E-state index in [2.05, 4.69) is 9.84 Å².